The first-order valence-corrected chi connectivity index (χ1v) is 8.32. The van der Waals surface area contributed by atoms with Crippen LogP contribution in [-0.4, -0.2) is 6.54 Å². The topological polar surface area (TPSA) is 73.6 Å². The van der Waals surface area contributed by atoms with Crippen LogP contribution in [0.3, 0.4) is 0 Å². The molecule has 3 heteroatoms. The fourth-order valence-corrected chi connectivity index (χ4v) is 2.34. The first kappa shape index (κ1) is 20.7. The summed E-state index contributed by atoms with van der Waals surface area (Å²) in [7, 11) is 0. The SMILES string of the molecule is CCCCCCCCCCCCCCCCN.N#N. The van der Waals surface area contributed by atoms with E-state index < -0.39 is 0 Å². The molecule has 3 nitrogen and oxygen atoms in total. The summed E-state index contributed by atoms with van der Waals surface area (Å²) in [5.74, 6) is 0. The molecule has 0 aromatic heterocycles. The molecule has 0 bridgehead atoms. The van der Waals surface area contributed by atoms with Crippen LogP contribution in [0, 0.1) is 10.8 Å². The molecule has 114 valence electrons. The lowest BCUT2D eigenvalue weighted by molar-refractivity contribution is 0.536. The Hall–Kier alpha value is -0.620. The first-order valence-electron chi connectivity index (χ1n) is 8.32. The Morgan fingerprint density at radius 3 is 1.05 bits per heavy atom. The largest absolute Gasteiger partial charge is 0.330 e. The van der Waals surface area contributed by atoms with Crippen molar-refractivity contribution in [3.63, 3.8) is 0 Å². The highest BCUT2D eigenvalue weighted by atomic mass is 14.6. The van der Waals surface area contributed by atoms with Gasteiger partial charge in [0.1, 0.15) is 0 Å². The van der Waals surface area contributed by atoms with Gasteiger partial charge in [-0.25, -0.2) is 0 Å². The molecule has 0 heterocycles. The Kier molecular flexibility index (Phi) is 24.6. The molecular formula is C16H35N3. The fraction of sp³-hybridized carbons (Fsp3) is 1.00. The van der Waals surface area contributed by atoms with Gasteiger partial charge in [0.15, 0.2) is 0 Å². The molecule has 0 unspecified atom stereocenters. The lowest BCUT2D eigenvalue weighted by Gasteiger charge is -2.02. The lowest BCUT2D eigenvalue weighted by Crippen LogP contribution is -1.97. The van der Waals surface area contributed by atoms with Crippen molar-refractivity contribution < 1.29 is 0 Å². The van der Waals surface area contributed by atoms with Crippen molar-refractivity contribution in [2.24, 2.45) is 5.73 Å². The minimum Gasteiger partial charge on any atom is -0.330 e. The molecule has 0 saturated heterocycles. The third kappa shape index (κ3) is 23.0. The van der Waals surface area contributed by atoms with Gasteiger partial charge in [-0.2, -0.15) is 0 Å². The average molecular weight is 269 g/mol. The number of nitrogens with zero attached hydrogens (tertiary/aromatic N) is 2. The van der Waals surface area contributed by atoms with E-state index in [1.54, 1.807) is 0 Å². The van der Waals surface area contributed by atoms with Gasteiger partial charge in [-0.15, -0.1) is 0 Å². The Morgan fingerprint density at radius 2 is 0.789 bits per heavy atom. The maximum Gasteiger partial charge on any atom is 0 e. The molecule has 0 radical (unpaired) electrons. The predicted octanol–water partition coefficient (Wildman–Crippen LogP) is 5.46. The van der Waals surface area contributed by atoms with Crippen molar-refractivity contribution in [2.45, 2.75) is 96.8 Å². The number of hydrogen-bond acceptors (Lipinski definition) is 3. The second kappa shape index (κ2) is 22.6. The molecule has 0 aliphatic rings. The minimum absolute atomic E-state index is 0.873. The molecule has 0 fully saturated rings. The molecular weight excluding hydrogens is 234 g/mol. The van der Waals surface area contributed by atoms with Gasteiger partial charge in [-0.3, -0.25) is 0 Å². The number of nitrogens with two attached hydrogens (primary N) is 1. The summed E-state index contributed by atoms with van der Waals surface area (Å²) in [4.78, 5) is 0. The predicted molar refractivity (Wildman–Crippen MR) is 82.8 cm³/mol. The first-order chi connectivity index (χ1) is 9.41. The van der Waals surface area contributed by atoms with Crippen molar-refractivity contribution in [3.05, 3.63) is 0 Å². The Labute approximate surface area is 120 Å². The fourth-order valence-electron chi connectivity index (χ4n) is 2.34. The molecule has 0 aromatic carbocycles. The molecule has 0 spiro atoms. The summed E-state index contributed by atoms with van der Waals surface area (Å²) >= 11 is 0. The van der Waals surface area contributed by atoms with Crippen LogP contribution in [0.4, 0.5) is 0 Å². The smallest absolute Gasteiger partial charge is 0 e. The number of hydrogen-bond donors (Lipinski definition) is 1. The quantitative estimate of drug-likeness (QED) is 0.336. The molecule has 19 heavy (non-hydrogen) atoms. The van der Waals surface area contributed by atoms with Gasteiger partial charge < -0.3 is 5.73 Å². The molecule has 0 saturated carbocycles. The van der Waals surface area contributed by atoms with E-state index >= 15 is 0 Å². The number of rotatable bonds is 14. The van der Waals surface area contributed by atoms with Crippen molar-refractivity contribution in [2.75, 3.05) is 6.54 Å². The highest BCUT2D eigenvalue weighted by Gasteiger charge is 1.93. The zero-order valence-electron chi connectivity index (χ0n) is 13.1. The van der Waals surface area contributed by atoms with Crippen molar-refractivity contribution >= 4 is 0 Å². The summed E-state index contributed by atoms with van der Waals surface area (Å²) < 4.78 is 0. The van der Waals surface area contributed by atoms with E-state index in [4.69, 9.17) is 16.5 Å². The zero-order chi connectivity index (χ0) is 14.6. The van der Waals surface area contributed by atoms with Crippen LogP contribution in [0.5, 0.6) is 0 Å². The Bertz CT molecular complexity index is 143. The van der Waals surface area contributed by atoms with Crippen molar-refractivity contribution in [1.29, 1.82) is 10.8 Å². The van der Waals surface area contributed by atoms with Crippen LogP contribution >= 0.6 is 0 Å². The van der Waals surface area contributed by atoms with Crippen molar-refractivity contribution in [3.8, 4) is 0 Å². The zero-order valence-corrected chi connectivity index (χ0v) is 13.1. The van der Waals surface area contributed by atoms with E-state index in [2.05, 4.69) is 6.92 Å². The molecule has 0 aliphatic heterocycles. The summed E-state index contributed by atoms with van der Waals surface area (Å²) in [5, 5.41) is 12.0. The minimum atomic E-state index is 0.873. The maximum absolute atomic E-state index is 6.00. The Balaban J connectivity index is 0. The van der Waals surface area contributed by atoms with Crippen molar-refractivity contribution in [1.82, 2.24) is 0 Å². The van der Waals surface area contributed by atoms with Gasteiger partial charge in [-0.1, -0.05) is 90.4 Å². The lowest BCUT2D eigenvalue weighted by atomic mass is 10.0. The van der Waals surface area contributed by atoms with Gasteiger partial charge in [0, 0.05) is 10.8 Å². The molecule has 2 N–H and O–H groups in total. The molecule has 0 rings (SSSR count). The van der Waals surface area contributed by atoms with Crippen LogP contribution in [0.1, 0.15) is 96.8 Å². The molecule has 0 amide bonds. The molecule has 0 atom stereocenters. The average Bonchev–Trinajstić information content (AvgIpc) is 2.46. The van der Waals surface area contributed by atoms with Gasteiger partial charge in [0.25, 0.3) is 0 Å². The van der Waals surface area contributed by atoms with Crippen LogP contribution in [-0.2, 0) is 0 Å². The third-order valence-corrected chi connectivity index (χ3v) is 3.56. The summed E-state index contributed by atoms with van der Waals surface area (Å²) in [6.07, 6.45) is 19.9. The van der Waals surface area contributed by atoms with Crippen LogP contribution in [0.15, 0.2) is 0 Å². The highest BCUT2D eigenvalue weighted by Crippen LogP contribution is 2.12. The third-order valence-electron chi connectivity index (χ3n) is 3.56. The van der Waals surface area contributed by atoms with E-state index in [0.29, 0.717) is 0 Å². The molecule has 0 aromatic rings. The standard InChI is InChI=1S/C16H35N.N2/c1-2-3-4-5-6-7-8-9-10-11-12-13-14-15-16-17;1-2/h2-17H2,1H3;. The summed E-state index contributed by atoms with van der Waals surface area (Å²) in [5.41, 5.74) is 5.47. The highest BCUT2D eigenvalue weighted by molar-refractivity contribution is 4.49. The van der Waals surface area contributed by atoms with Gasteiger partial charge >= 0.3 is 0 Å². The molecule has 0 aliphatic carbocycles. The van der Waals surface area contributed by atoms with E-state index in [1.165, 1.54) is 89.9 Å². The Morgan fingerprint density at radius 1 is 0.526 bits per heavy atom. The van der Waals surface area contributed by atoms with Gasteiger partial charge in [-0.05, 0) is 13.0 Å². The summed E-state index contributed by atoms with van der Waals surface area (Å²) in [6.45, 7) is 3.16. The summed E-state index contributed by atoms with van der Waals surface area (Å²) in [6, 6.07) is 0. The van der Waals surface area contributed by atoms with Crippen LogP contribution in [0.25, 0.3) is 0 Å². The van der Waals surface area contributed by atoms with Crippen LogP contribution < -0.4 is 5.73 Å². The second-order valence-corrected chi connectivity index (χ2v) is 5.38. The van der Waals surface area contributed by atoms with E-state index in [-0.39, 0.29) is 0 Å². The van der Waals surface area contributed by atoms with Crippen LogP contribution in [0.2, 0.25) is 0 Å². The number of unbranched alkanes of at least 4 members (excludes halogenated alkanes) is 13. The normalized spacial score (nSPS) is 9.89. The van der Waals surface area contributed by atoms with Gasteiger partial charge in [0.05, 0.1) is 0 Å². The van der Waals surface area contributed by atoms with E-state index in [9.17, 15) is 0 Å². The van der Waals surface area contributed by atoms with Gasteiger partial charge in [0.2, 0.25) is 0 Å². The van der Waals surface area contributed by atoms with E-state index in [1.807, 2.05) is 0 Å². The van der Waals surface area contributed by atoms with E-state index in [0.717, 1.165) is 6.54 Å². The monoisotopic (exact) mass is 269 g/mol. The maximum atomic E-state index is 6.00. The second-order valence-electron chi connectivity index (χ2n) is 5.38.